The van der Waals surface area contributed by atoms with Gasteiger partial charge in [-0.1, -0.05) is 152 Å². The molecule has 9 aromatic carbocycles. The monoisotopic (exact) mass is 758 g/mol. The molecule has 0 spiro atoms. The zero-order chi connectivity index (χ0) is 38.2. The molecule has 0 fully saturated rings. The fourth-order valence-corrected chi connectivity index (χ4v) is 10.2. The first-order valence-electron chi connectivity index (χ1n) is 19.7. The summed E-state index contributed by atoms with van der Waals surface area (Å²) in [4.78, 5) is 2.42. The molecule has 0 amide bonds. The number of hydrogen-bond acceptors (Lipinski definition) is 3. The lowest BCUT2D eigenvalue weighted by Gasteiger charge is -2.26. The molecule has 0 atom stereocenters. The third kappa shape index (κ3) is 5.12. The fourth-order valence-electron chi connectivity index (χ4n) is 8.88. The molecule has 1 aliphatic heterocycles. The molecule has 1 aliphatic rings. The van der Waals surface area contributed by atoms with E-state index in [0.29, 0.717) is 0 Å². The first-order valence-corrected chi connectivity index (χ1v) is 20.5. The number of ether oxygens (including phenoxy) is 1. The van der Waals surface area contributed by atoms with Crippen molar-refractivity contribution in [3.05, 3.63) is 206 Å². The van der Waals surface area contributed by atoms with Gasteiger partial charge in [0.05, 0.1) is 27.1 Å². The van der Waals surface area contributed by atoms with Crippen molar-refractivity contribution in [2.75, 3.05) is 4.90 Å². The summed E-state index contributed by atoms with van der Waals surface area (Å²) in [7, 11) is 0. The van der Waals surface area contributed by atoms with Crippen LogP contribution in [0.5, 0.6) is 11.5 Å². The summed E-state index contributed by atoms with van der Waals surface area (Å²) in [6, 6.07) is 74.4. The van der Waals surface area contributed by atoms with E-state index in [1.54, 1.807) is 0 Å². The largest absolute Gasteiger partial charge is 0.453 e. The van der Waals surface area contributed by atoms with Gasteiger partial charge < -0.3 is 14.2 Å². The molecule has 272 valence electrons. The Balaban J connectivity index is 1.01. The molecule has 12 rings (SSSR count). The van der Waals surface area contributed by atoms with Crippen molar-refractivity contribution in [2.24, 2.45) is 0 Å². The normalized spacial score (nSPS) is 11.9. The first-order chi connectivity index (χ1) is 28.8. The molecule has 2 aromatic heterocycles. The molecule has 3 nitrogen and oxygen atoms in total. The predicted molar refractivity (Wildman–Crippen MR) is 245 cm³/mol. The summed E-state index contributed by atoms with van der Waals surface area (Å²) < 4.78 is 11.3. The Hall–Kier alpha value is -7.40. The summed E-state index contributed by atoms with van der Waals surface area (Å²) >= 11 is 1.88. The second-order valence-corrected chi connectivity index (χ2v) is 15.9. The van der Waals surface area contributed by atoms with Gasteiger partial charge in [0.1, 0.15) is 0 Å². The van der Waals surface area contributed by atoms with Gasteiger partial charge in [-0.2, -0.15) is 0 Å². The van der Waals surface area contributed by atoms with Gasteiger partial charge in [0.2, 0.25) is 0 Å². The van der Waals surface area contributed by atoms with Crippen LogP contribution >= 0.6 is 11.3 Å². The highest BCUT2D eigenvalue weighted by atomic mass is 32.1. The molecular weight excluding hydrogens is 725 g/mol. The first kappa shape index (κ1) is 32.8. The average Bonchev–Trinajstić information content (AvgIpc) is 3.85. The van der Waals surface area contributed by atoms with E-state index in [9.17, 15) is 0 Å². The van der Waals surface area contributed by atoms with E-state index in [1.807, 2.05) is 23.5 Å². The minimum Gasteiger partial charge on any atom is -0.453 e. The van der Waals surface area contributed by atoms with Crippen molar-refractivity contribution in [3.63, 3.8) is 0 Å². The molecule has 11 aromatic rings. The van der Waals surface area contributed by atoms with Gasteiger partial charge in [-0.25, -0.2) is 0 Å². The number of nitrogens with zero attached hydrogens (tertiary/aromatic N) is 2. The molecule has 0 aliphatic carbocycles. The third-order valence-corrected chi connectivity index (χ3v) is 12.9. The van der Waals surface area contributed by atoms with Crippen molar-refractivity contribution in [3.8, 4) is 50.6 Å². The summed E-state index contributed by atoms with van der Waals surface area (Å²) in [5.41, 5.74) is 14.0. The number of hydrogen-bond donors (Lipinski definition) is 0. The molecule has 0 unspecified atom stereocenters. The lowest BCUT2D eigenvalue weighted by atomic mass is 10.0. The number of aromatic nitrogens is 1. The van der Waals surface area contributed by atoms with Crippen LogP contribution < -0.4 is 9.64 Å². The van der Waals surface area contributed by atoms with Crippen LogP contribution in [0.15, 0.2) is 206 Å². The molecule has 3 heterocycles. The van der Waals surface area contributed by atoms with Crippen LogP contribution in [0.1, 0.15) is 0 Å². The van der Waals surface area contributed by atoms with Crippen LogP contribution in [-0.2, 0) is 0 Å². The van der Waals surface area contributed by atoms with Gasteiger partial charge >= 0.3 is 0 Å². The number of anilines is 3. The maximum absolute atomic E-state index is 6.38. The van der Waals surface area contributed by atoms with Crippen molar-refractivity contribution in [1.29, 1.82) is 0 Å². The lowest BCUT2D eigenvalue weighted by molar-refractivity contribution is 0.476. The highest BCUT2D eigenvalue weighted by Gasteiger charge is 2.24. The molecule has 0 N–H and O–H groups in total. The van der Waals surface area contributed by atoms with E-state index < -0.39 is 0 Å². The van der Waals surface area contributed by atoms with Crippen molar-refractivity contribution >= 4 is 70.4 Å². The van der Waals surface area contributed by atoms with Crippen LogP contribution in [-0.4, -0.2) is 4.57 Å². The predicted octanol–water partition coefficient (Wildman–Crippen LogP) is 15.7. The van der Waals surface area contributed by atoms with E-state index in [0.717, 1.165) is 45.3 Å². The maximum Gasteiger partial charge on any atom is 0.152 e. The van der Waals surface area contributed by atoms with Crippen molar-refractivity contribution in [1.82, 2.24) is 4.57 Å². The Morgan fingerprint density at radius 3 is 1.72 bits per heavy atom. The summed E-state index contributed by atoms with van der Waals surface area (Å²) in [6.07, 6.45) is 0. The fraction of sp³-hybridized carbons (Fsp3) is 0. The van der Waals surface area contributed by atoms with Crippen molar-refractivity contribution in [2.45, 2.75) is 0 Å². The highest BCUT2D eigenvalue weighted by molar-refractivity contribution is 7.27. The Kier molecular flexibility index (Phi) is 7.40. The van der Waals surface area contributed by atoms with E-state index >= 15 is 0 Å². The Morgan fingerprint density at radius 2 is 0.966 bits per heavy atom. The zero-order valence-corrected chi connectivity index (χ0v) is 32.2. The number of thiophene rings is 1. The summed E-state index contributed by atoms with van der Waals surface area (Å²) in [5.74, 6) is 1.76. The van der Waals surface area contributed by atoms with Gasteiger partial charge in [-0.05, 0) is 88.0 Å². The minimum atomic E-state index is 0.872. The zero-order valence-electron chi connectivity index (χ0n) is 31.3. The number of para-hydroxylation sites is 3. The molecule has 0 saturated heterocycles. The number of fused-ring (bicyclic) bond motifs is 8. The van der Waals surface area contributed by atoms with Crippen LogP contribution in [0.25, 0.3) is 81.0 Å². The smallest absolute Gasteiger partial charge is 0.152 e. The van der Waals surface area contributed by atoms with E-state index in [1.165, 1.54) is 64.3 Å². The average molecular weight is 759 g/mol. The van der Waals surface area contributed by atoms with Gasteiger partial charge in [-0.15, -0.1) is 11.3 Å². The SMILES string of the molecule is c1ccc(-c2ccc(N(c3ccc(-c4ccc5c6cccc7c6n(c5c4)-c4ccccc4O7)cc3)c3cccc4c3sc3c(-c5ccccc5)cccc34)cc2)cc1. The molecule has 0 bridgehead atoms. The summed E-state index contributed by atoms with van der Waals surface area (Å²) in [6.45, 7) is 0. The van der Waals surface area contributed by atoms with Crippen LogP contribution in [0.2, 0.25) is 0 Å². The highest BCUT2D eigenvalue weighted by Crippen LogP contribution is 2.49. The van der Waals surface area contributed by atoms with Gasteiger partial charge in [0, 0.05) is 37.6 Å². The van der Waals surface area contributed by atoms with Gasteiger partial charge in [-0.3, -0.25) is 0 Å². The maximum atomic E-state index is 6.38. The Labute approximate surface area is 339 Å². The Morgan fingerprint density at radius 1 is 0.397 bits per heavy atom. The number of benzene rings is 9. The summed E-state index contributed by atoms with van der Waals surface area (Å²) in [5, 5.41) is 4.97. The Bertz CT molecular complexity index is 3350. The second-order valence-electron chi connectivity index (χ2n) is 14.9. The third-order valence-electron chi connectivity index (χ3n) is 11.6. The molecule has 4 heteroatoms. The second kappa shape index (κ2) is 13.1. The van der Waals surface area contributed by atoms with Gasteiger partial charge in [0.25, 0.3) is 0 Å². The van der Waals surface area contributed by atoms with Gasteiger partial charge in [0.15, 0.2) is 11.5 Å². The van der Waals surface area contributed by atoms with E-state index in [4.69, 9.17) is 4.74 Å². The van der Waals surface area contributed by atoms with Crippen LogP contribution in [0, 0.1) is 0 Å². The molecular formula is C54H34N2OS. The molecule has 0 radical (unpaired) electrons. The minimum absolute atomic E-state index is 0.872. The quantitative estimate of drug-likeness (QED) is 0.168. The van der Waals surface area contributed by atoms with E-state index in [-0.39, 0.29) is 0 Å². The van der Waals surface area contributed by atoms with E-state index in [2.05, 4.69) is 204 Å². The van der Waals surface area contributed by atoms with Crippen LogP contribution in [0.4, 0.5) is 17.1 Å². The van der Waals surface area contributed by atoms with Crippen molar-refractivity contribution < 1.29 is 4.74 Å². The van der Waals surface area contributed by atoms with Crippen LogP contribution in [0.3, 0.4) is 0 Å². The lowest BCUT2D eigenvalue weighted by Crippen LogP contribution is -2.10. The molecule has 0 saturated carbocycles. The topological polar surface area (TPSA) is 17.4 Å². The number of rotatable bonds is 6. The molecule has 58 heavy (non-hydrogen) atoms. The standard InChI is InChI=1S/C54H34N2OS/c1-3-12-35(13-4-1)36-24-29-40(30-25-36)55(48-21-10-19-46-45-18-9-16-42(53(45)58-54(46)48)38-14-5-2-6-15-38)41-31-26-37(27-32-41)39-28-33-43-44-17-11-23-51-52(44)56(49(43)34-39)47-20-7-8-22-50(47)57-51/h1-34H.